The fourth-order valence-electron chi connectivity index (χ4n) is 1.05. The summed E-state index contributed by atoms with van der Waals surface area (Å²) in [6.07, 6.45) is 1.41. The summed E-state index contributed by atoms with van der Waals surface area (Å²) in [5, 5.41) is 8.85. The fraction of sp³-hybridized carbons (Fsp3) is 0.250. The lowest BCUT2D eigenvalue weighted by Crippen LogP contribution is -2.17. The number of aromatic nitrogens is 1. The topological polar surface area (TPSA) is 76.2 Å². The van der Waals surface area contributed by atoms with Gasteiger partial charge in [-0.05, 0) is 28.7 Å². The molecule has 1 aromatic rings. The Morgan fingerprint density at radius 3 is 2.93 bits per heavy atom. The molecule has 6 heteroatoms. The van der Waals surface area contributed by atoms with Crippen LogP contribution >= 0.6 is 34.2 Å². The van der Waals surface area contributed by atoms with E-state index in [1.54, 1.807) is 12.3 Å². The fourth-order valence-corrected chi connectivity index (χ4v) is 2.32. The third kappa shape index (κ3) is 2.79. The average Bonchev–Trinajstić information content (AvgIpc) is 2.01. The van der Waals surface area contributed by atoms with Crippen molar-refractivity contribution in [1.29, 1.82) is 0 Å². The number of aliphatic carboxylic acids is 1. The van der Waals surface area contributed by atoms with Gasteiger partial charge in [-0.2, -0.15) is 0 Å². The molecule has 1 rings (SSSR count). The molecule has 0 bridgehead atoms. The zero-order valence-electron chi connectivity index (χ0n) is 7.08. The molecule has 1 atom stereocenters. The maximum absolute atomic E-state index is 10.5. The van der Waals surface area contributed by atoms with E-state index in [0.29, 0.717) is 5.56 Å². The molecule has 0 aliphatic heterocycles. The van der Waals surface area contributed by atoms with Crippen LogP contribution in [0.2, 0.25) is 5.15 Å². The lowest BCUT2D eigenvalue weighted by Gasteiger charge is -2.12. The van der Waals surface area contributed by atoms with Crippen LogP contribution in [0.3, 0.4) is 0 Å². The summed E-state index contributed by atoms with van der Waals surface area (Å²) in [4.78, 5) is 14.3. The second-order valence-electron chi connectivity index (χ2n) is 2.70. The molecule has 0 saturated heterocycles. The smallest absolute Gasteiger partial charge is 0.305 e. The molecule has 76 valence electrons. The van der Waals surface area contributed by atoms with Gasteiger partial charge in [0, 0.05) is 21.4 Å². The standard InChI is InChI=1S/C8H8ClIN2O2/c9-8-7(4(10)1-2-12-8)5(11)3-6(13)14/h1-2,5H,3,11H2,(H,13,14). The van der Waals surface area contributed by atoms with Crippen LogP contribution in [-0.4, -0.2) is 16.1 Å². The predicted octanol–water partition coefficient (Wildman–Crippen LogP) is 1.81. The van der Waals surface area contributed by atoms with Gasteiger partial charge in [-0.3, -0.25) is 4.79 Å². The molecule has 0 saturated carbocycles. The van der Waals surface area contributed by atoms with Crippen molar-refractivity contribution in [3.63, 3.8) is 0 Å². The molecule has 3 N–H and O–H groups in total. The first kappa shape index (κ1) is 11.7. The van der Waals surface area contributed by atoms with Crippen LogP contribution < -0.4 is 5.73 Å². The zero-order chi connectivity index (χ0) is 10.7. The van der Waals surface area contributed by atoms with Crippen molar-refractivity contribution in [3.8, 4) is 0 Å². The summed E-state index contributed by atoms with van der Waals surface area (Å²) in [5.41, 5.74) is 6.28. The second-order valence-corrected chi connectivity index (χ2v) is 4.22. The summed E-state index contributed by atoms with van der Waals surface area (Å²) in [7, 11) is 0. The number of carboxylic acid groups (broad SMARTS) is 1. The molecule has 0 fully saturated rings. The van der Waals surface area contributed by atoms with Crippen molar-refractivity contribution in [2.75, 3.05) is 0 Å². The molecule has 1 unspecified atom stereocenters. The van der Waals surface area contributed by atoms with Gasteiger partial charge in [-0.25, -0.2) is 4.98 Å². The van der Waals surface area contributed by atoms with Gasteiger partial charge in [-0.1, -0.05) is 11.6 Å². The van der Waals surface area contributed by atoms with Crippen LogP contribution in [0.4, 0.5) is 0 Å². The van der Waals surface area contributed by atoms with E-state index < -0.39 is 12.0 Å². The summed E-state index contributed by atoms with van der Waals surface area (Å²) in [5.74, 6) is -0.951. The number of carboxylic acids is 1. The molecule has 0 aromatic carbocycles. The van der Waals surface area contributed by atoms with Gasteiger partial charge in [0.1, 0.15) is 5.15 Å². The van der Waals surface area contributed by atoms with E-state index in [9.17, 15) is 4.79 Å². The first-order valence-electron chi connectivity index (χ1n) is 3.79. The molecular weight excluding hydrogens is 318 g/mol. The van der Waals surface area contributed by atoms with Crippen LogP contribution in [0.15, 0.2) is 12.3 Å². The molecule has 0 aliphatic carbocycles. The van der Waals surface area contributed by atoms with Crippen LogP contribution in [0, 0.1) is 3.57 Å². The number of hydrogen-bond donors (Lipinski definition) is 2. The Labute approximate surface area is 99.6 Å². The van der Waals surface area contributed by atoms with Crippen molar-refractivity contribution < 1.29 is 9.90 Å². The third-order valence-electron chi connectivity index (χ3n) is 1.65. The molecule has 4 nitrogen and oxygen atoms in total. The quantitative estimate of drug-likeness (QED) is 0.656. The molecule has 0 spiro atoms. The predicted molar refractivity (Wildman–Crippen MR) is 61.1 cm³/mol. The number of carbonyl (C=O) groups is 1. The Bertz CT molecular complexity index is 339. The Balaban J connectivity index is 2.99. The van der Waals surface area contributed by atoms with E-state index in [-0.39, 0.29) is 11.6 Å². The highest BCUT2D eigenvalue weighted by Gasteiger charge is 2.17. The summed E-state index contributed by atoms with van der Waals surface area (Å²) in [6, 6.07) is 1.13. The number of halogens is 2. The van der Waals surface area contributed by atoms with Gasteiger partial charge in [0.05, 0.1) is 6.42 Å². The number of hydrogen-bond acceptors (Lipinski definition) is 3. The van der Waals surface area contributed by atoms with Gasteiger partial charge >= 0.3 is 5.97 Å². The van der Waals surface area contributed by atoms with E-state index in [2.05, 4.69) is 27.6 Å². The average molecular weight is 327 g/mol. The molecule has 14 heavy (non-hydrogen) atoms. The minimum Gasteiger partial charge on any atom is -0.481 e. The molecule has 0 radical (unpaired) electrons. The molecule has 0 aliphatic rings. The minimum absolute atomic E-state index is 0.151. The van der Waals surface area contributed by atoms with Crippen molar-refractivity contribution in [2.24, 2.45) is 5.73 Å². The number of nitrogens with zero attached hydrogens (tertiary/aromatic N) is 1. The van der Waals surface area contributed by atoms with E-state index in [1.807, 2.05) is 0 Å². The van der Waals surface area contributed by atoms with Gasteiger partial charge < -0.3 is 10.8 Å². The number of pyridine rings is 1. The van der Waals surface area contributed by atoms with Gasteiger partial charge in [0.15, 0.2) is 0 Å². The highest BCUT2D eigenvalue weighted by Crippen LogP contribution is 2.26. The normalized spacial score (nSPS) is 12.5. The molecular formula is C8H8ClIN2O2. The van der Waals surface area contributed by atoms with Crippen molar-refractivity contribution >= 4 is 40.2 Å². The molecule has 1 aromatic heterocycles. The van der Waals surface area contributed by atoms with Crippen LogP contribution in [0.1, 0.15) is 18.0 Å². The monoisotopic (exact) mass is 326 g/mol. The molecule has 1 heterocycles. The van der Waals surface area contributed by atoms with Gasteiger partial charge in [0.2, 0.25) is 0 Å². The van der Waals surface area contributed by atoms with Crippen LogP contribution in [0.5, 0.6) is 0 Å². The summed E-state index contributed by atoms with van der Waals surface area (Å²) < 4.78 is 0.830. The Morgan fingerprint density at radius 1 is 1.79 bits per heavy atom. The summed E-state index contributed by atoms with van der Waals surface area (Å²) >= 11 is 7.87. The van der Waals surface area contributed by atoms with E-state index >= 15 is 0 Å². The maximum Gasteiger partial charge on any atom is 0.305 e. The highest BCUT2D eigenvalue weighted by atomic mass is 127. The lowest BCUT2D eigenvalue weighted by molar-refractivity contribution is -0.137. The minimum atomic E-state index is -0.951. The lowest BCUT2D eigenvalue weighted by atomic mass is 10.1. The third-order valence-corrected chi connectivity index (χ3v) is 2.90. The van der Waals surface area contributed by atoms with E-state index in [0.717, 1.165) is 3.57 Å². The molecule has 0 amide bonds. The Hall–Kier alpha value is -0.400. The Morgan fingerprint density at radius 2 is 2.43 bits per heavy atom. The largest absolute Gasteiger partial charge is 0.481 e. The zero-order valence-corrected chi connectivity index (χ0v) is 9.99. The number of nitrogens with two attached hydrogens (primary N) is 1. The SMILES string of the molecule is NC(CC(=O)O)c1c(I)ccnc1Cl. The highest BCUT2D eigenvalue weighted by molar-refractivity contribution is 14.1. The van der Waals surface area contributed by atoms with Crippen molar-refractivity contribution in [1.82, 2.24) is 4.98 Å². The van der Waals surface area contributed by atoms with E-state index in [4.69, 9.17) is 22.4 Å². The van der Waals surface area contributed by atoms with Gasteiger partial charge in [-0.15, -0.1) is 0 Å². The summed E-state index contributed by atoms with van der Waals surface area (Å²) in [6.45, 7) is 0. The Kier molecular flexibility index (Phi) is 4.09. The van der Waals surface area contributed by atoms with Crippen LogP contribution in [0.25, 0.3) is 0 Å². The first-order valence-corrected chi connectivity index (χ1v) is 5.25. The first-order chi connectivity index (χ1) is 6.52. The van der Waals surface area contributed by atoms with Crippen LogP contribution in [-0.2, 0) is 4.79 Å². The second kappa shape index (κ2) is 4.90. The van der Waals surface area contributed by atoms with E-state index in [1.165, 1.54) is 0 Å². The maximum atomic E-state index is 10.5. The van der Waals surface area contributed by atoms with Gasteiger partial charge in [0.25, 0.3) is 0 Å². The van der Waals surface area contributed by atoms with Crippen molar-refractivity contribution in [2.45, 2.75) is 12.5 Å². The van der Waals surface area contributed by atoms with Crippen molar-refractivity contribution in [3.05, 3.63) is 26.5 Å². The number of rotatable bonds is 3.